The third-order valence-electron chi connectivity index (χ3n) is 3.14. The first-order valence-electron chi connectivity index (χ1n) is 6.24. The van der Waals surface area contributed by atoms with Gasteiger partial charge in [0.1, 0.15) is 22.9 Å². The lowest BCUT2D eigenvalue weighted by Crippen LogP contribution is -2.02. The quantitative estimate of drug-likeness (QED) is 0.682. The molecule has 1 aromatic carbocycles. The predicted molar refractivity (Wildman–Crippen MR) is 77.7 cm³/mol. The van der Waals surface area contributed by atoms with Crippen LogP contribution in [0, 0.1) is 19.7 Å². The zero-order valence-corrected chi connectivity index (χ0v) is 12.4. The van der Waals surface area contributed by atoms with E-state index >= 15 is 0 Å². The number of aryl methyl sites for hydroxylation is 2. The number of methoxy groups -OCH3 is 1. The second kappa shape index (κ2) is 4.96. The molecule has 0 amide bonds. The van der Waals surface area contributed by atoms with Crippen molar-refractivity contribution >= 4 is 22.8 Å². The van der Waals surface area contributed by atoms with Crippen LogP contribution in [0.1, 0.15) is 11.6 Å². The van der Waals surface area contributed by atoms with E-state index in [0.717, 1.165) is 0 Å². The standard InChI is InChI=1S/C14H12ClFN4O/c1-7-17-13(15)12-14(18-7)20(8(2)19-12)11-5-4-9(21-3)6-10(11)16/h4-6H,1-3H3. The summed E-state index contributed by atoms with van der Waals surface area (Å²) in [5.74, 6) is 1.10. The van der Waals surface area contributed by atoms with Crippen molar-refractivity contribution in [3.8, 4) is 11.4 Å². The van der Waals surface area contributed by atoms with Crippen LogP contribution in [0.25, 0.3) is 16.9 Å². The molecule has 2 aromatic heterocycles. The Hall–Kier alpha value is -2.21. The lowest BCUT2D eigenvalue weighted by molar-refractivity contribution is 0.411. The molecule has 3 rings (SSSR count). The molecule has 0 radical (unpaired) electrons. The molecule has 2 heterocycles. The van der Waals surface area contributed by atoms with Crippen LogP contribution in [0.5, 0.6) is 5.75 Å². The summed E-state index contributed by atoms with van der Waals surface area (Å²) in [5, 5.41) is 0.258. The summed E-state index contributed by atoms with van der Waals surface area (Å²) in [6, 6.07) is 4.61. The normalized spacial score (nSPS) is 11.1. The fourth-order valence-electron chi connectivity index (χ4n) is 2.22. The highest BCUT2D eigenvalue weighted by Gasteiger charge is 2.17. The summed E-state index contributed by atoms with van der Waals surface area (Å²) in [5.41, 5.74) is 1.27. The number of aromatic nitrogens is 4. The average molecular weight is 307 g/mol. The minimum atomic E-state index is -0.427. The van der Waals surface area contributed by atoms with Gasteiger partial charge in [-0.25, -0.2) is 19.3 Å². The van der Waals surface area contributed by atoms with E-state index in [2.05, 4.69) is 15.0 Å². The SMILES string of the molecule is COc1ccc(-n2c(C)nc3c(Cl)nc(C)nc32)c(F)c1. The van der Waals surface area contributed by atoms with E-state index in [1.807, 2.05) is 0 Å². The van der Waals surface area contributed by atoms with Gasteiger partial charge in [-0.1, -0.05) is 11.6 Å². The van der Waals surface area contributed by atoms with E-state index in [1.54, 1.807) is 30.5 Å². The van der Waals surface area contributed by atoms with Gasteiger partial charge in [0.25, 0.3) is 0 Å². The van der Waals surface area contributed by atoms with Crippen molar-refractivity contribution in [3.05, 3.63) is 40.8 Å². The maximum absolute atomic E-state index is 14.3. The van der Waals surface area contributed by atoms with Crippen LogP contribution in [0.2, 0.25) is 5.15 Å². The number of halogens is 2. The number of benzene rings is 1. The number of rotatable bonds is 2. The van der Waals surface area contributed by atoms with Crippen molar-refractivity contribution in [2.24, 2.45) is 0 Å². The van der Waals surface area contributed by atoms with Crippen LogP contribution < -0.4 is 4.74 Å². The molecule has 3 aromatic rings. The number of ether oxygens (including phenoxy) is 1. The third-order valence-corrected chi connectivity index (χ3v) is 3.40. The van der Waals surface area contributed by atoms with Crippen molar-refractivity contribution in [1.29, 1.82) is 0 Å². The Bertz CT molecular complexity index is 847. The molecule has 21 heavy (non-hydrogen) atoms. The Morgan fingerprint density at radius 1 is 1.19 bits per heavy atom. The fraction of sp³-hybridized carbons (Fsp3) is 0.214. The van der Waals surface area contributed by atoms with Crippen LogP contribution in [-0.4, -0.2) is 26.6 Å². The summed E-state index contributed by atoms with van der Waals surface area (Å²) in [6.45, 7) is 3.49. The highest BCUT2D eigenvalue weighted by Crippen LogP contribution is 2.27. The Kier molecular flexibility index (Phi) is 3.25. The van der Waals surface area contributed by atoms with E-state index < -0.39 is 5.82 Å². The number of nitrogens with zero attached hydrogens (tertiary/aromatic N) is 4. The summed E-state index contributed by atoms with van der Waals surface area (Å²) < 4.78 is 20.9. The highest BCUT2D eigenvalue weighted by molar-refractivity contribution is 6.33. The first-order valence-corrected chi connectivity index (χ1v) is 6.62. The summed E-state index contributed by atoms with van der Waals surface area (Å²) in [7, 11) is 1.49. The molecule has 0 aliphatic carbocycles. The van der Waals surface area contributed by atoms with Gasteiger partial charge in [0.05, 0.1) is 12.8 Å². The van der Waals surface area contributed by atoms with Crippen molar-refractivity contribution in [2.75, 3.05) is 7.11 Å². The molecule has 0 unspecified atom stereocenters. The molecule has 0 bridgehead atoms. The Morgan fingerprint density at radius 3 is 2.62 bits per heavy atom. The topological polar surface area (TPSA) is 52.8 Å². The van der Waals surface area contributed by atoms with Crippen molar-refractivity contribution < 1.29 is 9.13 Å². The van der Waals surface area contributed by atoms with Gasteiger partial charge in [-0.2, -0.15) is 0 Å². The maximum Gasteiger partial charge on any atom is 0.170 e. The molecule has 5 nitrogen and oxygen atoms in total. The zero-order chi connectivity index (χ0) is 15.1. The second-order valence-corrected chi connectivity index (χ2v) is 4.90. The van der Waals surface area contributed by atoms with Crippen LogP contribution in [-0.2, 0) is 0 Å². The van der Waals surface area contributed by atoms with Crippen LogP contribution in [0.3, 0.4) is 0 Å². The Labute approximate surface area is 125 Å². The monoisotopic (exact) mass is 306 g/mol. The first-order chi connectivity index (χ1) is 10.0. The average Bonchev–Trinajstić information content (AvgIpc) is 2.75. The summed E-state index contributed by atoms with van der Waals surface area (Å²) in [6.07, 6.45) is 0. The highest BCUT2D eigenvalue weighted by atomic mass is 35.5. The van der Waals surface area contributed by atoms with Crippen molar-refractivity contribution in [1.82, 2.24) is 19.5 Å². The minimum absolute atomic E-state index is 0.258. The van der Waals surface area contributed by atoms with Crippen LogP contribution >= 0.6 is 11.6 Å². The lowest BCUT2D eigenvalue weighted by Gasteiger charge is -2.09. The molecule has 0 saturated heterocycles. The summed E-state index contributed by atoms with van der Waals surface area (Å²) in [4.78, 5) is 12.7. The second-order valence-electron chi connectivity index (χ2n) is 4.55. The van der Waals surface area contributed by atoms with E-state index in [4.69, 9.17) is 16.3 Å². The molecular formula is C14H12ClFN4O. The van der Waals surface area contributed by atoms with Crippen LogP contribution in [0.4, 0.5) is 4.39 Å². The van der Waals surface area contributed by atoms with Gasteiger partial charge in [0.2, 0.25) is 0 Å². The van der Waals surface area contributed by atoms with Crippen LogP contribution in [0.15, 0.2) is 18.2 Å². The van der Waals surface area contributed by atoms with Crippen molar-refractivity contribution in [3.63, 3.8) is 0 Å². The maximum atomic E-state index is 14.3. The number of hydrogen-bond donors (Lipinski definition) is 0. The van der Waals surface area contributed by atoms with Gasteiger partial charge in [-0.3, -0.25) is 4.57 Å². The Morgan fingerprint density at radius 2 is 1.95 bits per heavy atom. The molecule has 0 N–H and O–H groups in total. The molecule has 0 spiro atoms. The van der Waals surface area contributed by atoms with E-state index in [-0.39, 0.29) is 5.15 Å². The van der Waals surface area contributed by atoms with E-state index in [1.165, 1.54) is 13.2 Å². The smallest absolute Gasteiger partial charge is 0.170 e. The number of imidazole rings is 1. The lowest BCUT2D eigenvalue weighted by atomic mass is 10.2. The fourth-order valence-corrected chi connectivity index (χ4v) is 2.47. The Balaban J connectivity index is 2.32. The largest absolute Gasteiger partial charge is 0.497 e. The molecular weight excluding hydrogens is 295 g/mol. The van der Waals surface area contributed by atoms with Gasteiger partial charge in [0.15, 0.2) is 16.6 Å². The molecule has 0 aliphatic heterocycles. The first kappa shape index (κ1) is 13.8. The zero-order valence-electron chi connectivity index (χ0n) is 11.7. The van der Waals surface area contributed by atoms with Gasteiger partial charge in [-0.15, -0.1) is 0 Å². The van der Waals surface area contributed by atoms with Gasteiger partial charge >= 0.3 is 0 Å². The van der Waals surface area contributed by atoms with Crippen molar-refractivity contribution in [2.45, 2.75) is 13.8 Å². The molecule has 0 atom stereocenters. The molecule has 0 fully saturated rings. The van der Waals surface area contributed by atoms with E-state index in [9.17, 15) is 4.39 Å². The molecule has 108 valence electrons. The number of hydrogen-bond acceptors (Lipinski definition) is 4. The minimum Gasteiger partial charge on any atom is -0.497 e. The van der Waals surface area contributed by atoms with Gasteiger partial charge < -0.3 is 4.74 Å². The summed E-state index contributed by atoms with van der Waals surface area (Å²) >= 11 is 6.08. The predicted octanol–water partition coefficient (Wildman–Crippen LogP) is 3.23. The van der Waals surface area contributed by atoms with E-state index in [0.29, 0.717) is 34.2 Å². The molecule has 0 saturated carbocycles. The molecule has 7 heteroatoms. The van der Waals surface area contributed by atoms with Gasteiger partial charge in [-0.05, 0) is 26.0 Å². The third kappa shape index (κ3) is 2.21. The molecule has 0 aliphatic rings. The van der Waals surface area contributed by atoms with Gasteiger partial charge in [0, 0.05) is 6.07 Å². The number of fused-ring (bicyclic) bond motifs is 1.